The molecule has 0 spiro atoms. The third-order valence-corrected chi connectivity index (χ3v) is 5.50. The van der Waals surface area contributed by atoms with Crippen molar-refractivity contribution in [3.63, 3.8) is 0 Å². The zero-order valence-electron chi connectivity index (χ0n) is 14.3. The number of urea groups is 1. The summed E-state index contributed by atoms with van der Waals surface area (Å²) in [7, 11) is 0. The van der Waals surface area contributed by atoms with Gasteiger partial charge in [-0.25, -0.2) is 9.78 Å². The summed E-state index contributed by atoms with van der Waals surface area (Å²) < 4.78 is 1.02. The molecular formula is C19H17BrClN3OS. The van der Waals surface area contributed by atoms with Crippen LogP contribution in [0.1, 0.15) is 12.5 Å². The van der Waals surface area contributed by atoms with Crippen molar-refractivity contribution in [2.45, 2.75) is 13.8 Å². The van der Waals surface area contributed by atoms with E-state index in [0.717, 1.165) is 21.3 Å². The topological polar surface area (TPSA) is 45.2 Å². The van der Waals surface area contributed by atoms with Gasteiger partial charge in [0.25, 0.3) is 0 Å². The lowest BCUT2D eigenvalue weighted by Crippen LogP contribution is -2.34. The molecule has 0 fully saturated rings. The van der Waals surface area contributed by atoms with E-state index in [2.05, 4.69) is 26.2 Å². The van der Waals surface area contributed by atoms with Crippen LogP contribution in [-0.2, 0) is 0 Å². The van der Waals surface area contributed by atoms with Crippen LogP contribution in [0.2, 0.25) is 5.02 Å². The highest BCUT2D eigenvalue weighted by molar-refractivity contribution is 9.10. The van der Waals surface area contributed by atoms with Crippen molar-refractivity contribution in [3.8, 4) is 11.3 Å². The summed E-state index contributed by atoms with van der Waals surface area (Å²) in [5.74, 6) is 0. The lowest BCUT2D eigenvalue weighted by atomic mass is 10.2. The molecule has 0 aliphatic rings. The summed E-state index contributed by atoms with van der Waals surface area (Å²) >= 11 is 11.1. The summed E-state index contributed by atoms with van der Waals surface area (Å²) in [5.41, 5.74) is 3.48. The number of rotatable bonds is 4. The Bertz CT molecular complexity index is 927. The predicted octanol–water partition coefficient (Wildman–Crippen LogP) is 6.59. The number of hydrogen-bond acceptors (Lipinski definition) is 3. The quantitative estimate of drug-likeness (QED) is 0.487. The van der Waals surface area contributed by atoms with Gasteiger partial charge in [-0.05, 0) is 43.7 Å². The van der Waals surface area contributed by atoms with E-state index in [0.29, 0.717) is 22.4 Å². The van der Waals surface area contributed by atoms with E-state index < -0.39 is 0 Å². The van der Waals surface area contributed by atoms with Crippen LogP contribution in [0.3, 0.4) is 0 Å². The number of benzene rings is 2. The molecule has 3 aromatic rings. The molecule has 0 saturated carbocycles. The Morgan fingerprint density at radius 1 is 1.27 bits per heavy atom. The highest BCUT2D eigenvalue weighted by atomic mass is 79.9. The van der Waals surface area contributed by atoms with E-state index in [1.54, 1.807) is 11.0 Å². The van der Waals surface area contributed by atoms with Crippen molar-refractivity contribution in [1.29, 1.82) is 0 Å². The number of nitrogens with zero attached hydrogens (tertiary/aromatic N) is 2. The molecule has 2 aromatic carbocycles. The Balaban J connectivity index is 1.80. The summed E-state index contributed by atoms with van der Waals surface area (Å²) in [5, 5.41) is 5.97. The van der Waals surface area contributed by atoms with Crippen molar-refractivity contribution in [1.82, 2.24) is 4.98 Å². The van der Waals surface area contributed by atoms with Crippen LogP contribution < -0.4 is 10.2 Å². The van der Waals surface area contributed by atoms with Gasteiger partial charge in [0, 0.05) is 22.0 Å². The maximum absolute atomic E-state index is 12.7. The zero-order valence-corrected chi connectivity index (χ0v) is 17.5. The molecule has 4 nitrogen and oxygen atoms in total. The van der Waals surface area contributed by atoms with E-state index in [1.807, 2.05) is 55.6 Å². The minimum atomic E-state index is -0.255. The van der Waals surface area contributed by atoms with Gasteiger partial charge >= 0.3 is 6.03 Å². The standard InChI is InChI=1S/C19H17BrClN3OS/c1-3-24(18(25)22-16-9-4-12(2)10-15(16)21)19-23-17(11-26-19)13-5-7-14(20)8-6-13/h4-11H,3H2,1-2H3,(H,22,25). The molecule has 0 radical (unpaired) electrons. The Morgan fingerprint density at radius 3 is 2.65 bits per heavy atom. The van der Waals surface area contributed by atoms with Gasteiger partial charge in [0.2, 0.25) is 0 Å². The van der Waals surface area contributed by atoms with Gasteiger partial charge in [-0.15, -0.1) is 11.3 Å². The van der Waals surface area contributed by atoms with Gasteiger partial charge in [0.05, 0.1) is 16.4 Å². The minimum Gasteiger partial charge on any atom is -0.306 e. The van der Waals surface area contributed by atoms with Crippen LogP contribution in [0, 0.1) is 6.92 Å². The normalized spacial score (nSPS) is 10.6. The number of amides is 2. The van der Waals surface area contributed by atoms with Crippen LogP contribution >= 0.6 is 38.9 Å². The van der Waals surface area contributed by atoms with Crippen molar-refractivity contribution in [2.75, 3.05) is 16.8 Å². The van der Waals surface area contributed by atoms with Crippen molar-refractivity contribution in [3.05, 3.63) is 62.9 Å². The molecule has 0 atom stereocenters. The number of carbonyl (C=O) groups excluding carboxylic acids is 1. The number of aryl methyl sites for hydroxylation is 1. The van der Waals surface area contributed by atoms with Crippen LogP contribution in [0.4, 0.5) is 15.6 Å². The molecule has 0 aliphatic carbocycles. The van der Waals surface area contributed by atoms with Gasteiger partial charge in [-0.3, -0.25) is 4.90 Å². The third-order valence-electron chi connectivity index (χ3n) is 3.79. The molecule has 134 valence electrons. The van der Waals surface area contributed by atoms with Gasteiger partial charge in [0.15, 0.2) is 5.13 Å². The Kier molecular flexibility index (Phi) is 5.96. The largest absolute Gasteiger partial charge is 0.328 e. The van der Waals surface area contributed by atoms with E-state index in [4.69, 9.17) is 11.6 Å². The molecule has 0 aliphatic heterocycles. The highest BCUT2D eigenvalue weighted by Crippen LogP contribution is 2.29. The van der Waals surface area contributed by atoms with Crippen LogP contribution in [0.15, 0.2) is 52.3 Å². The summed E-state index contributed by atoms with van der Waals surface area (Å²) in [6.07, 6.45) is 0. The molecule has 3 rings (SSSR count). The van der Waals surface area contributed by atoms with Crippen LogP contribution in [0.5, 0.6) is 0 Å². The monoisotopic (exact) mass is 449 g/mol. The first kappa shape index (κ1) is 18.9. The van der Waals surface area contributed by atoms with Crippen LogP contribution in [0.25, 0.3) is 11.3 Å². The molecule has 1 aromatic heterocycles. The zero-order chi connectivity index (χ0) is 18.7. The molecule has 2 amide bonds. The van der Waals surface area contributed by atoms with E-state index in [9.17, 15) is 4.79 Å². The number of anilines is 2. The van der Waals surface area contributed by atoms with Gasteiger partial charge < -0.3 is 5.32 Å². The SMILES string of the molecule is CCN(C(=O)Nc1ccc(C)cc1Cl)c1nc(-c2ccc(Br)cc2)cs1. The minimum absolute atomic E-state index is 0.255. The maximum atomic E-state index is 12.7. The van der Waals surface area contributed by atoms with Crippen LogP contribution in [-0.4, -0.2) is 17.6 Å². The smallest absolute Gasteiger partial charge is 0.306 e. The molecule has 7 heteroatoms. The Hall–Kier alpha value is -1.89. The number of aromatic nitrogens is 1. The predicted molar refractivity (Wildman–Crippen MR) is 113 cm³/mol. The van der Waals surface area contributed by atoms with Crippen molar-refractivity contribution in [2.24, 2.45) is 0 Å². The fraction of sp³-hybridized carbons (Fsp3) is 0.158. The fourth-order valence-electron chi connectivity index (χ4n) is 2.41. The number of nitrogens with one attached hydrogen (secondary N) is 1. The van der Waals surface area contributed by atoms with E-state index in [-0.39, 0.29) is 6.03 Å². The lowest BCUT2D eigenvalue weighted by molar-refractivity contribution is 0.257. The van der Waals surface area contributed by atoms with Gasteiger partial charge in [-0.1, -0.05) is 45.7 Å². The van der Waals surface area contributed by atoms with Crippen molar-refractivity contribution < 1.29 is 4.79 Å². The summed E-state index contributed by atoms with van der Waals surface area (Å²) in [6, 6.07) is 13.2. The second kappa shape index (κ2) is 8.20. The number of halogens is 2. The molecule has 0 bridgehead atoms. The Labute approximate surface area is 170 Å². The van der Waals surface area contributed by atoms with Gasteiger partial charge in [0.1, 0.15) is 0 Å². The molecular weight excluding hydrogens is 434 g/mol. The summed E-state index contributed by atoms with van der Waals surface area (Å²) in [6.45, 7) is 4.37. The molecule has 0 unspecified atom stereocenters. The number of hydrogen-bond donors (Lipinski definition) is 1. The number of carbonyl (C=O) groups is 1. The first-order chi connectivity index (χ1) is 12.5. The van der Waals surface area contributed by atoms with E-state index in [1.165, 1.54) is 11.3 Å². The van der Waals surface area contributed by atoms with Crippen molar-refractivity contribution >= 4 is 55.7 Å². The highest BCUT2D eigenvalue weighted by Gasteiger charge is 2.19. The second-order valence-electron chi connectivity index (χ2n) is 5.68. The first-order valence-corrected chi connectivity index (χ1v) is 10.1. The lowest BCUT2D eigenvalue weighted by Gasteiger charge is -2.19. The third kappa shape index (κ3) is 4.26. The van der Waals surface area contributed by atoms with Gasteiger partial charge in [-0.2, -0.15) is 0 Å². The average Bonchev–Trinajstić information content (AvgIpc) is 3.08. The average molecular weight is 451 g/mol. The molecule has 26 heavy (non-hydrogen) atoms. The first-order valence-electron chi connectivity index (χ1n) is 8.04. The maximum Gasteiger partial charge on any atom is 0.328 e. The summed E-state index contributed by atoms with van der Waals surface area (Å²) in [4.78, 5) is 18.9. The molecule has 0 saturated heterocycles. The molecule has 1 heterocycles. The molecule has 1 N–H and O–H groups in total. The second-order valence-corrected chi connectivity index (χ2v) is 7.84. The fourth-order valence-corrected chi connectivity index (χ4v) is 3.85. The Morgan fingerprint density at radius 2 is 2.00 bits per heavy atom. The number of thiazole rings is 1. The van der Waals surface area contributed by atoms with E-state index >= 15 is 0 Å².